The van der Waals surface area contributed by atoms with Crippen LogP contribution in [0.1, 0.15) is 20.3 Å². The van der Waals surface area contributed by atoms with Crippen LogP contribution >= 0.6 is 0 Å². The lowest BCUT2D eigenvalue weighted by atomic mass is 9.88. The summed E-state index contributed by atoms with van der Waals surface area (Å²) in [5.74, 6) is -0.753. The van der Waals surface area contributed by atoms with Crippen molar-refractivity contribution in [1.82, 2.24) is 0 Å². The maximum Gasteiger partial charge on any atom is 0.311 e. The summed E-state index contributed by atoms with van der Waals surface area (Å²) in [4.78, 5) is 10.6. The van der Waals surface area contributed by atoms with E-state index in [9.17, 15) is 4.79 Å². The second-order valence-electron chi connectivity index (χ2n) is 3.19. The van der Waals surface area contributed by atoms with E-state index in [0.29, 0.717) is 13.0 Å². The van der Waals surface area contributed by atoms with Crippen LogP contribution in [0.15, 0.2) is 0 Å². The predicted molar refractivity (Wildman–Crippen MR) is 35.8 cm³/mol. The zero-order valence-corrected chi connectivity index (χ0v) is 6.26. The molecular formula is C7H12O3. The van der Waals surface area contributed by atoms with Crippen molar-refractivity contribution in [2.24, 2.45) is 5.41 Å². The van der Waals surface area contributed by atoms with Crippen molar-refractivity contribution in [3.63, 3.8) is 0 Å². The number of aliphatic carboxylic acids is 1. The van der Waals surface area contributed by atoms with Crippen molar-refractivity contribution in [2.75, 3.05) is 6.61 Å². The van der Waals surface area contributed by atoms with Gasteiger partial charge >= 0.3 is 5.97 Å². The summed E-state index contributed by atoms with van der Waals surface area (Å²) >= 11 is 0. The Morgan fingerprint density at radius 2 is 2.40 bits per heavy atom. The van der Waals surface area contributed by atoms with Gasteiger partial charge in [0.25, 0.3) is 0 Å². The molecule has 10 heavy (non-hydrogen) atoms. The average Bonchev–Trinajstić information content (AvgIpc) is 2.13. The maximum absolute atomic E-state index is 10.6. The van der Waals surface area contributed by atoms with Crippen LogP contribution in [-0.4, -0.2) is 23.8 Å². The third-order valence-corrected chi connectivity index (χ3v) is 1.94. The zero-order chi connectivity index (χ0) is 7.78. The Morgan fingerprint density at radius 3 is 2.60 bits per heavy atom. The summed E-state index contributed by atoms with van der Waals surface area (Å²) in [5, 5.41) is 8.71. The van der Waals surface area contributed by atoms with Gasteiger partial charge in [-0.25, -0.2) is 0 Å². The average molecular weight is 144 g/mol. The predicted octanol–water partition coefficient (Wildman–Crippen LogP) is 0.886. The van der Waals surface area contributed by atoms with Crippen LogP contribution < -0.4 is 0 Å². The van der Waals surface area contributed by atoms with Crippen LogP contribution in [0.5, 0.6) is 0 Å². The Kier molecular flexibility index (Phi) is 1.68. The Labute approximate surface area is 60.0 Å². The summed E-state index contributed by atoms with van der Waals surface area (Å²) in [6.07, 6.45) is 0.726. The van der Waals surface area contributed by atoms with Crippen molar-refractivity contribution in [3.8, 4) is 0 Å². The maximum atomic E-state index is 10.6. The molecule has 3 heteroatoms. The fourth-order valence-electron chi connectivity index (χ4n) is 1.23. The van der Waals surface area contributed by atoms with Gasteiger partial charge in [-0.2, -0.15) is 0 Å². The van der Waals surface area contributed by atoms with Crippen molar-refractivity contribution in [3.05, 3.63) is 0 Å². The minimum atomic E-state index is -0.753. The Bertz CT molecular complexity index is 155. The highest BCUT2D eigenvalue weighted by molar-refractivity contribution is 5.74. The molecule has 0 aromatic rings. The molecule has 1 saturated heterocycles. The second-order valence-corrected chi connectivity index (χ2v) is 3.19. The van der Waals surface area contributed by atoms with Gasteiger partial charge in [0.15, 0.2) is 0 Å². The fraction of sp³-hybridized carbons (Fsp3) is 0.857. The molecule has 0 aromatic carbocycles. The molecule has 3 nitrogen and oxygen atoms in total. The van der Waals surface area contributed by atoms with Crippen LogP contribution in [0.2, 0.25) is 0 Å². The van der Waals surface area contributed by atoms with E-state index >= 15 is 0 Å². The molecule has 1 heterocycles. The SMILES string of the molecule is C[C@@H]1C[C@@](C)(C(=O)O)CO1. The quantitative estimate of drug-likeness (QED) is 0.594. The first-order chi connectivity index (χ1) is 4.54. The van der Waals surface area contributed by atoms with Crippen LogP contribution in [0.25, 0.3) is 0 Å². The Hall–Kier alpha value is -0.570. The van der Waals surface area contributed by atoms with Gasteiger partial charge in [-0.3, -0.25) is 4.79 Å². The van der Waals surface area contributed by atoms with Gasteiger partial charge in [0.1, 0.15) is 0 Å². The molecule has 1 N–H and O–H groups in total. The molecule has 1 aliphatic heterocycles. The lowest BCUT2D eigenvalue weighted by Gasteiger charge is -2.13. The third-order valence-electron chi connectivity index (χ3n) is 1.94. The molecule has 1 fully saturated rings. The number of rotatable bonds is 1. The van der Waals surface area contributed by atoms with E-state index in [1.165, 1.54) is 0 Å². The highest BCUT2D eigenvalue weighted by Crippen LogP contribution is 2.31. The molecule has 1 rings (SSSR count). The third kappa shape index (κ3) is 1.14. The summed E-state index contributed by atoms with van der Waals surface area (Å²) in [6, 6.07) is 0. The molecule has 0 bridgehead atoms. The van der Waals surface area contributed by atoms with Crippen LogP contribution in [0.3, 0.4) is 0 Å². The number of carboxylic acids is 1. The van der Waals surface area contributed by atoms with Crippen molar-refractivity contribution < 1.29 is 14.6 Å². The van der Waals surface area contributed by atoms with Gasteiger partial charge in [0.2, 0.25) is 0 Å². The molecule has 0 spiro atoms. The topological polar surface area (TPSA) is 46.5 Å². The number of hydrogen-bond donors (Lipinski definition) is 1. The van der Waals surface area contributed by atoms with Gasteiger partial charge in [-0.05, 0) is 20.3 Å². The summed E-state index contributed by atoms with van der Waals surface area (Å²) in [5.41, 5.74) is -0.639. The lowest BCUT2D eigenvalue weighted by Crippen LogP contribution is -2.27. The van der Waals surface area contributed by atoms with Crippen molar-refractivity contribution in [1.29, 1.82) is 0 Å². The number of ether oxygens (including phenoxy) is 1. The van der Waals surface area contributed by atoms with E-state index in [2.05, 4.69) is 0 Å². The normalized spacial score (nSPS) is 40.0. The molecule has 58 valence electrons. The highest BCUT2D eigenvalue weighted by Gasteiger charge is 2.40. The molecule has 0 saturated carbocycles. The van der Waals surface area contributed by atoms with Gasteiger partial charge in [0, 0.05) is 0 Å². The Balaban J connectivity index is 2.63. The number of carbonyl (C=O) groups is 1. The smallest absolute Gasteiger partial charge is 0.311 e. The minimum Gasteiger partial charge on any atom is -0.481 e. The molecule has 0 amide bonds. The molecule has 0 radical (unpaired) electrons. The first-order valence-electron chi connectivity index (χ1n) is 3.39. The molecule has 0 unspecified atom stereocenters. The first kappa shape index (κ1) is 7.54. The lowest BCUT2D eigenvalue weighted by molar-refractivity contribution is -0.147. The summed E-state index contributed by atoms with van der Waals surface area (Å²) in [7, 11) is 0. The van der Waals surface area contributed by atoms with Gasteiger partial charge in [0.05, 0.1) is 18.1 Å². The second kappa shape index (κ2) is 2.23. The Morgan fingerprint density at radius 1 is 1.80 bits per heavy atom. The van der Waals surface area contributed by atoms with Gasteiger partial charge in [-0.1, -0.05) is 0 Å². The van der Waals surface area contributed by atoms with Gasteiger partial charge in [-0.15, -0.1) is 0 Å². The molecule has 2 atom stereocenters. The van der Waals surface area contributed by atoms with Crippen LogP contribution in [0, 0.1) is 5.41 Å². The van der Waals surface area contributed by atoms with E-state index in [4.69, 9.17) is 9.84 Å². The minimum absolute atomic E-state index is 0.0982. The molecular weight excluding hydrogens is 132 g/mol. The van der Waals surface area contributed by atoms with E-state index in [1.54, 1.807) is 6.92 Å². The van der Waals surface area contributed by atoms with E-state index in [-0.39, 0.29) is 6.10 Å². The summed E-state index contributed by atoms with van der Waals surface area (Å²) < 4.78 is 5.15. The van der Waals surface area contributed by atoms with E-state index in [1.807, 2.05) is 6.92 Å². The van der Waals surface area contributed by atoms with Crippen molar-refractivity contribution in [2.45, 2.75) is 26.4 Å². The molecule has 1 aliphatic rings. The van der Waals surface area contributed by atoms with E-state index < -0.39 is 11.4 Å². The highest BCUT2D eigenvalue weighted by atomic mass is 16.5. The molecule has 0 aromatic heterocycles. The van der Waals surface area contributed by atoms with Gasteiger partial charge < -0.3 is 9.84 Å². The number of carboxylic acid groups (broad SMARTS) is 1. The zero-order valence-electron chi connectivity index (χ0n) is 6.26. The van der Waals surface area contributed by atoms with E-state index in [0.717, 1.165) is 0 Å². The number of hydrogen-bond acceptors (Lipinski definition) is 2. The van der Waals surface area contributed by atoms with Crippen molar-refractivity contribution >= 4 is 5.97 Å². The fourth-order valence-corrected chi connectivity index (χ4v) is 1.23. The monoisotopic (exact) mass is 144 g/mol. The van der Waals surface area contributed by atoms with Crippen LogP contribution in [-0.2, 0) is 9.53 Å². The summed E-state index contributed by atoms with van der Waals surface area (Å²) in [6.45, 7) is 3.97. The van der Waals surface area contributed by atoms with Crippen LogP contribution in [0.4, 0.5) is 0 Å². The largest absolute Gasteiger partial charge is 0.481 e. The molecule has 0 aliphatic carbocycles. The first-order valence-corrected chi connectivity index (χ1v) is 3.39. The standard InChI is InChI=1S/C7H12O3/c1-5-3-7(2,4-10-5)6(8)9/h5H,3-4H2,1-2H3,(H,8,9)/t5-,7-/m1/s1.